The molecule has 9 heteroatoms. The number of sulfonamides is 1. The maximum atomic E-state index is 12.8. The number of piperidine rings is 1. The second-order valence-electron chi connectivity index (χ2n) is 5.40. The summed E-state index contributed by atoms with van der Waals surface area (Å²) in [7, 11) is -3.60. The minimum atomic E-state index is -3.60. The number of aromatic nitrogens is 1. The Morgan fingerprint density at radius 3 is 3.04 bits per heavy atom. The molecule has 2 aromatic rings. The Kier molecular flexibility index (Phi) is 4.83. The summed E-state index contributed by atoms with van der Waals surface area (Å²) in [5.74, 6) is 0.249. The summed E-state index contributed by atoms with van der Waals surface area (Å²) in [5, 5.41) is 2.77. The largest absolute Gasteiger partial charge is 0.443 e. The normalized spacial score (nSPS) is 19.1. The van der Waals surface area contributed by atoms with Gasteiger partial charge in [-0.1, -0.05) is 6.58 Å². The summed E-state index contributed by atoms with van der Waals surface area (Å²) in [6, 6.07) is 3.08. The van der Waals surface area contributed by atoms with E-state index in [1.807, 2.05) is 0 Å². The Morgan fingerprint density at radius 1 is 1.50 bits per heavy atom. The second-order valence-corrected chi connectivity index (χ2v) is 8.65. The molecular formula is C15H17N3O4S2. The molecule has 0 aliphatic carbocycles. The van der Waals surface area contributed by atoms with E-state index in [9.17, 15) is 13.2 Å². The van der Waals surface area contributed by atoms with E-state index in [1.165, 1.54) is 16.8 Å². The molecule has 1 amide bonds. The molecule has 24 heavy (non-hydrogen) atoms. The smallest absolute Gasteiger partial charge is 0.252 e. The zero-order valence-electron chi connectivity index (χ0n) is 12.8. The van der Waals surface area contributed by atoms with E-state index in [-0.39, 0.29) is 22.7 Å². The number of rotatable bonds is 5. The molecule has 1 atom stereocenters. The van der Waals surface area contributed by atoms with Gasteiger partial charge in [-0.05, 0) is 31.1 Å². The first-order valence-electron chi connectivity index (χ1n) is 7.42. The topological polar surface area (TPSA) is 92.5 Å². The van der Waals surface area contributed by atoms with Gasteiger partial charge in [-0.25, -0.2) is 13.4 Å². The van der Waals surface area contributed by atoms with Gasteiger partial charge in [0.1, 0.15) is 4.21 Å². The van der Waals surface area contributed by atoms with Crippen molar-refractivity contribution >= 4 is 27.3 Å². The molecule has 7 nitrogen and oxygen atoms in total. The highest BCUT2D eigenvalue weighted by Gasteiger charge is 2.31. The van der Waals surface area contributed by atoms with Crippen LogP contribution in [-0.4, -0.2) is 42.7 Å². The monoisotopic (exact) mass is 367 g/mol. The highest BCUT2D eigenvalue weighted by atomic mass is 32.2. The fraction of sp³-hybridized carbons (Fsp3) is 0.333. The van der Waals surface area contributed by atoms with Gasteiger partial charge in [0, 0.05) is 19.1 Å². The molecule has 1 saturated heterocycles. The van der Waals surface area contributed by atoms with Crippen LogP contribution in [0, 0.1) is 0 Å². The SMILES string of the molecule is C=CC(=O)N[C@H]1CCCN(S(=O)(=O)c2ccc(-c3cnco3)s2)C1. The molecule has 1 aliphatic rings. The molecule has 1 N–H and O–H groups in total. The van der Waals surface area contributed by atoms with Gasteiger partial charge in [0.15, 0.2) is 12.2 Å². The lowest BCUT2D eigenvalue weighted by Gasteiger charge is -2.31. The van der Waals surface area contributed by atoms with Gasteiger partial charge >= 0.3 is 0 Å². The number of oxazole rings is 1. The van der Waals surface area contributed by atoms with Crippen molar-refractivity contribution in [1.29, 1.82) is 0 Å². The molecule has 1 aliphatic heterocycles. The second kappa shape index (κ2) is 6.88. The number of carbonyl (C=O) groups is 1. The van der Waals surface area contributed by atoms with E-state index < -0.39 is 10.0 Å². The molecule has 3 heterocycles. The van der Waals surface area contributed by atoms with E-state index in [2.05, 4.69) is 16.9 Å². The quantitative estimate of drug-likeness (QED) is 0.814. The molecule has 2 aromatic heterocycles. The molecule has 128 valence electrons. The highest BCUT2D eigenvalue weighted by Crippen LogP contribution is 2.32. The molecule has 0 spiro atoms. The zero-order valence-corrected chi connectivity index (χ0v) is 14.5. The number of carbonyl (C=O) groups excluding carboxylic acids is 1. The first-order chi connectivity index (χ1) is 11.5. The Labute approximate surface area is 144 Å². The van der Waals surface area contributed by atoms with Gasteiger partial charge in [0.05, 0.1) is 11.1 Å². The number of nitrogens with one attached hydrogen (secondary N) is 1. The summed E-state index contributed by atoms with van der Waals surface area (Å²) in [4.78, 5) is 16.0. The van der Waals surface area contributed by atoms with Gasteiger partial charge in [0.25, 0.3) is 10.0 Å². The van der Waals surface area contributed by atoms with Crippen LogP contribution in [-0.2, 0) is 14.8 Å². The van der Waals surface area contributed by atoms with Gasteiger partial charge in [-0.15, -0.1) is 11.3 Å². The number of thiophene rings is 1. The zero-order chi connectivity index (χ0) is 17.2. The molecule has 0 unspecified atom stereocenters. The lowest BCUT2D eigenvalue weighted by atomic mass is 10.1. The van der Waals surface area contributed by atoms with Gasteiger partial charge in [-0.2, -0.15) is 4.31 Å². The van der Waals surface area contributed by atoms with Gasteiger partial charge < -0.3 is 9.73 Å². The molecular weight excluding hydrogens is 350 g/mol. The first-order valence-corrected chi connectivity index (χ1v) is 9.68. The Balaban J connectivity index is 1.77. The Bertz CT molecular complexity index is 827. The third-order valence-electron chi connectivity index (χ3n) is 3.77. The first kappa shape index (κ1) is 16.9. The van der Waals surface area contributed by atoms with E-state index in [0.717, 1.165) is 17.8 Å². The van der Waals surface area contributed by atoms with Crippen molar-refractivity contribution in [1.82, 2.24) is 14.6 Å². The van der Waals surface area contributed by atoms with E-state index in [4.69, 9.17) is 4.42 Å². The lowest BCUT2D eigenvalue weighted by Crippen LogP contribution is -2.49. The molecule has 0 saturated carbocycles. The van der Waals surface area contributed by atoms with Crippen LogP contribution in [0.2, 0.25) is 0 Å². The van der Waals surface area contributed by atoms with Crippen molar-refractivity contribution in [3.05, 3.63) is 37.4 Å². The summed E-state index contributed by atoms with van der Waals surface area (Å²) in [6.45, 7) is 4.12. The molecule has 0 aromatic carbocycles. The van der Waals surface area contributed by atoms with Gasteiger partial charge in [-0.3, -0.25) is 4.79 Å². The van der Waals surface area contributed by atoms with Crippen molar-refractivity contribution in [3.63, 3.8) is 0 Å². The summed E-state index contributed by atoms with van der Waals surface area (Å²) >= 11 is 1.14. The predicted molar refractivity (Wildman–Crippen MR) is 89.9 cm³/mol. The van der Waals surface area contributed by atoms with E-state index in [0.29, 0.717) is 23.6 Å². The number of hydrogen-bond acceptors (Lipinski definition) is 6. The Hall–Kier alpha value is -1.97. The summed E-state index contributed by atoms with van der Waals surface area (Å²) in [5.41, 5.74) is 0. The molecule has 0 radical (unpaired) electrons. The van der Waals surface area contributed by atoms with Crippen LogP contribution in [0.3, 0.4) is 0 Å². The van der Waals surface area contributed by atoms with Crippen LogP contribution in [0.5, 0.6) is 0 Å². The summed E-state index contributed by atoms with van der Waals surface area (Å²) < 4.78 is 32.5. The van der Waals surface area contributed by atoms with E-state index in [1.54, 1.807) is 18.3 Å². The van der Waals surface area contributed by atoms with Crippen molar-refractivity contribution < 1.29 is 17.6 Å². The number of hydrogen-bond donors (Lipinski definition) is 1. The van der Waals surface area contributed by atoms with Crippen LogP contribution in [0.4, 0.5) is 0 Å². The van der Waals surface area contributed by atoms with E-state index >= 15 is 0 Å². The fourth-order valence-electron chi connectivity index (χ4n) is 2.59. The third-order valence-corrected chi connectivity index (χ3v) is 7.20. The predicted octanol–water partition coefficient (Wildman–Crippen LogP) is 1.86. The van der Waals surface area contributed by atoms with Crippen LogP contribution in [0.15, 0.2) is 46.0 Å². The van der Waals surface area contributed by atoms with Crippen molar-refractivity contribution in [2.45, 2.75) is 23.1 Å². The van der Waals surface area contributed by atoms with Crippen molar-refractivity contribution in [2.24, 2.45) is 0 Å². The number of nitrogens with zero attached hydrogens (tertiary/aromatic N) is 2. The van der Waals surface area contributed by atoms with Gasteiger partial charge in [0.2, 0.25) is 5.91 Å². The minimum Gasteiger partial charge on any atom is -0.443 e. The standard InChI is InChI=1S/C15H17N3O4S2/c1-2-14(19)17-11-4-3-7-18(9-11)24(20,21)15-6-5-13(23-15)12-8-16-10-22-12/h2,5-6,8,10-11H,1,3-4,7,9H2,(H,17,19)/t11-/m0/s1. The molecule has 3 rings (SSSR count). The fourth-order valence-corrected chi connectivity index (χ4v) is 5.53. The average Bonchev–Trinajstić information content (AvgIpc) is 3.26. The summed E-state index contributed by atoms with van der Waals surface area (Å²) in [6.07, 6.45) is 5.49. The maximum absolute atomic E-state index is 12.8. The average molecular weight is 367 g/mol. The van der Waals surface area contributed by atoms with Crippen LogP contribution in [0.1, 0.15) is 12.8 Å². The molecule has 0 bridgehead atoms. The molecule has 1 fully saturated rings. The van der Waals surface area contributed by atoms with Crippen LogP contribution < -0.4 is 5.32 Å². The Morgan fingerprint density at radius 2 is 2.33 bits per heavy atom. The third kappa shape index (κ3) is 3.42. The lowest BCUT2D eigenvalue weighted by molar-refractivity contribution is -0.117. The number of amides is 1. The van der Waals surface area contributed by atoms with Crippen molar-refractivity contribution in [3.8, 4) is 10.6 Å². The van der Waals surface area contributed by atoms with Crippen molar-refractivity contribution in [2.75, 3.05) is 13.1 Å². The minimum absolute atomic E-state index is 0.201. The van der Waals surface area contributed by atoms with Crippen LogP contribution in [0.25, 0.3) is 10.6 Å². The highest BCUT2D eigenvalue weighted by molar-refractivity contribution is 7.91. The van der Waals surface area contributed by atoms with Crippen LogP contribution >= 0.6 is 11.3 Å². The maximum Gasteiger partial charge on any atom is 0.252 e.